The minimum atomic E-state index is -0.355. The number of aromatic nitrogens is 2. The molecule has 158 valence electrons. The summed E-state index contributed by atoms with van der Waals surface area (Å²) >= 11 is 0. The standard InChI is InChI=1S/C24H24N4O3/c1-16(25-2)23(29)27-21-14-11-18(19-12-15-22(30-3)28-24(19)31-4)20(26-21)13-10-17-8-6-5-7-9-17/h5-9,11-12,14-16,25H,1-4H3,(H,26,27,29). The van der Waals surface area contributed by atoms with Crippen LogP contribution in [0.4, 0.5) is 5.82 Å². The van der Waals surface area contributed by atoms with Gasteiger partial charge in [0.1, 0.15) is 11.5 Å². The van der Waals surface area contributed by atoms with E-state index in [1.807, 2.05) is 42.5 Å². The summed E-state index contributed by atoms with van der Waals surface area (Å²) in [6.07, 6.45) is 0. The molecule has 0 radical (unpaired) electrons. The molecule has 3 rings (SSSR count). The highest BCUT2D eigenvalue weighted by Crippen LogP contribution is 2.32. The summed E-state index contributed by atoms with van der Waals surface area (Å²) in [5.74, 6) is 7.30. The monoisotopic (exact) mass is 416 g/mol. The second kappa shape index (κ2) is 10.2. The van der Waals surface area contributed by atoms with Gasteiger partial charge in [-0.3, -0.25) is 4.79 Å². The van der Waals surface area contributed by atoms with E-state index >= 15 is 0 Å². The highest BCUT2D eigenvalue weighted by molar-refractivity contribution is 5.94. The zero-order chi connectivity index (χ0) is 22.2. The third-order valence-electron chi connectivity index (χ3n) is 4.60. The number of nitrogens with zero attached hydrogens (tertiary/aromatic N) is 2. The van der Waals surface area contributed by atoms with Crippen LogP contribution in [0, 0.1) is 11.8 Å². The van der Waals surface area contributed by atoms with Crippen LogP contribution in [0.15, 0.2) is 54.6 Å². The number of amides is 1. The molecule has 0 saturated heterocycles. The van der Waals surface area contributed by atoms with Gasteiger partial charge in [-0.1, -0.05) is 24.1 Å². The van der Waals surface area contributed by atoms with Crippen molar-refractivity contribution in [1.82, 2.24) is 15.3 Å². The number of nitrogens with one attached hydrogen (secondary N) is 2. The maximum atomic E-state index is 12.3. The van der Waals surface area contributed by atoms with Crippen molar-refractivity contribution in [3.8, 4) is 34.7 Å². The van der Waals surface area contributed by atoms with Crippen molar-refractivity contribution in [2.45, 2.75) is 13.0 Å². The minimum Gasteiger partial charge on any atom is -0.481 e. The number of rotatable bonds is 6. The highest BCUT2D eigenvalue weighted by Gasteiger charge is 2.16. The summed E-state index contributed by atoms with van der Waals surface area (Å²) in [5.41, 5.74) is 2.79. The van der Waals surface area contributed by atoms with Gasteiger partial charge >= 0.3 is 0 Å². The first-order valence-corrected chi connectivity index (χ1v) is 9.71. The smallest absolute Gasteiger partial charge is 0.242 e. The van der Waals surface area contributed by atoms with Gasteiger partial charge in [0.05, 0.1) is 20.3 Å². The number of ether oxygens (including phenoxy) is 2. The molecule has 1 amide bonds. The number of benzene rings is 1. The van der Waals surface area contributed by atoms with Gasteiger partial charge in [-0.25, -0.2) is 4.98 Å². The van der Waals surface area contributed by atoms with Gasteiger partial charge in [-0.05, 0) is 50.2 Å². The number of carbonyl (C=O) groups excluding carboxylic acids is 1. The Hall–Kier alpha value is -3.89. The number of likely N-dealkylation sites (N-methyl/N-ethyl adjacent to an activating group) is 1. The Balaban J connectivity index is 2.08. The molecule has 0 aliphatic rings. The van der Waals surface area contributed by atoms with Crippen molar-refractivity contribution in [2.75, 3.05) is 26.6 Å². The van der Waals surface area contributed by atoms with Crippen LogP contribution in [0.3, 0.4) is 0 Å². The van der Waals surface area contributed by atoms with E-state index in [2.05, 4.69) is 32.4 Å². The maximum Gasteiger partial charge on any atom is 0.242 e. The topological polar surface area (TPSA) is 85.4 Å². The van der Waals surface area contributed by atoms with Crippen LogP contribution in [0.1, 0.15) is 18.2 Å². The third-order valence-corrected chi connectivity index (χ3v) is 4.60. The number of carbonyl (C=O) groups is 1. The molecular formula is C24H24N4O3. The van der Waals surface area contributed by atoms with Crippen LogP contribution < -0.4 is 20.1 Å². The fourth-order valence-electron chi connectivity index (χ4n) is 2.76. The summed E-state index contributed by atoms with van der Waals surface area (Å²) in [6.45, 7) is 1.77. The second-order valence-electron chi connectivity index (χ2n) is 6.62. The fraction of sp³-hybridized carbons (Fsp3) is 0.208. The van der Waals surface area contributed by atoms with Crippen LogP contribution in [-0.4, -0.2) is 43.2 Å². The van der Waals surface area contributed by atoms with E-state index in [-0.39, 0.29) is 11.9 Å². The van der Waals surface area contributed by atoms with Gasteiger partial charge in [0, 0.05) is 22.8 Å². The number of methoxy groups -OCH3 is 2. The maximum absolute atomic E-state index is 12.3. The molecule has 7 nitrogen and oxygen atoms in total. The first kappa shape index (κ1) is 21.8. The zero-order valence-corrected chi connectivity index (χ0v) is 17.9. The molecule has 2 N–H and O–H groups in total. The van der Waals surface area contributed by atoms with Crippen molar-refractivity contribution in [3.63, 3.8) is 0 Å². The molecule has 0 saturated carbocycles. The number of anilines is 1. The minimum absolute atomic E-state index is 0.187. The van der Waals surface area contributed by atoms with E-state index in [1.165, 1.54) is 0 Å². The predicted molar refractivity (Wildman–Crippen MR) is 120 cm³/mol. The SMILES string of the molecule is CNC(C)C(=O)Nc1ccc(-c2ccc(OC)nc2OC)c(C#Cc2ccccc2)n1. The lowest BCUT2D eigenvalue weighted by molar-refractivity contribution is -0.117. The van der Waals surface area contributed by atoms with Crippen molar-refractivity contribution < 1.29 is 14.3 Å². The van der Waals surface area contributed by atoms with Crippen molar-refractivity contribution in [3.05, 3.63) is 65.9 Å². The highest BCUT2D eigenvalue weighted by atomic mass is 16.5. The van der Waals surface area contributed by atoms with Crippen molar-refractivity contribution in [1.29, 1.82) is 0 Å². The molecule has 0 aliphatic heterocycles. The number of pyridine rings is 2. The van der Waals surface area contributed by atoms with Gasteiger partial charge in [-0.15, -0.1) is 0 Å². The number of hydrogen-bond acceptors (Lipinski definition) is 6. The molecule has 2 heterocycles. The first-order chi connectivity index (χ1) is 15.0. The van der Waals surface area contributed by atoms with Crippen LogP contribution in [0.25, 0.3) is 11.1 Å². The summed E-state index contributed by atoms with van der Waals surface area (Å²) < 4.78 is 10.6. The lowest BCUT2D eigenvalue weighted by atomic mass is 10.0. The van der Waals surface area contributed by atoms with Gasteiger partial charge in [0.15, 0.2) is 0 Å². The van der Waals surface area contributed by atoms with Gasteiger partial charge in [-0.2, -0.15) is 4.98 Å². The second-order valence-corrected chi connectivity index (χ2v) is 6.62. The van der Waals surface area contributed by atoms with E-state index < -0.39 is 0 Å². The quantitative estimate of drug-likeness (QED) is 0.601. The van der Waals surface area contributed by atoms with Crippen molar-refractivity contribution in [2.24, 2.45) is 0 Å². The van der Waals surface area contributed by atoms with E-state index in [1.54, 1.807) is 40.3 Å². The third kappa shape index (κ3) is 5.38. The fourth-order valence-corrected chi connectivity index (χ4v) is 2.76. The lowest BCUT2D eigenvalue weighted by Gasteiger charge is -2.13. The Morgan fingerprint density at radius 3 is 2.35 bits per heavy atom. The van der Waals surface area contributed by atoms with E-state index in [4.69, 9.17) is 9.47 Å². The largest absolute Gasteiger partial charge is 0.481 e. The Labute approximate surface area is 181 Å². The summed E-state index contributed by atoms with van der Waals surface area (Å²) in [4.78, 5) is 21.2. The molecule has 31 heavy (non-hydrogen) atoms. The summed E-state index contributed by atoms with van der Waals surface area (Å²) in [7, 11) is 4.81. The van der Waals surface area contributed by atoms with E-state index in [0.717, 1.165) is 16.7 Å². The Morgan fingerprint density at radius 1 is 0.935 bits per heavy atom. The Morgan fingerprint density at radius 2 is 1.68 bits per heavy atom. The normalized spacial score (nSPS) is 11.1. The van der Waals surface area contributed by atoms with Crippen molar-refractivity contribution >= 4 is 11.7 Å². The molecule has 0 aliphatic carbocycles. The van der Waals surface area contributed by atoms with Gasteiger partial charge in [0.2, 0.25) is 17.7 Å². The van der Waals surface area contributed by atoms with Gasteiger partial charge < -0.3 is 20.1 Å². The molecule has 1 atom stereocenters. The van der Waals surface area contributed by atoms with Gasteiger partial charge in [0.25, 0.3) is 0 Å². The first-order valence-electron chi connectivity index (χ1n) is 9.71. The molecule has 1 unspecified atom stereocenters. The van der Waals surface area contributed by atoms with Crippen LogP contribution in [0.2, 0.25) is 0 Å². The zero-order valence-electron chi connectivity index (χ0n) is 17.9. The van der Waals surface area contributed by atoms with Crippen LogP contribution in [0.5, 0.6) is 11.8 Å². The summed E-state index contributed by atoms with van der Waals surface area (Å²) in [5, 5.41) is 5.71. The van der Waals surface area contributed by atoms with Crippen LogP contribution in [-0.2, 0) is 4.79 Å². The molecule has 0 fully saturated rings. The molecule has 0 bridgehead atoms. The Kier molecular flexibility index (Phi) is 7.20. The molecule has 7 heteroatoms. The average Bonchev–Trinajstić information content (AvgIpc) is 2.82. The van der Waals surface area contributed by atoms with E-state index in [0.29, 0.717) is 23.3 Å². The Bertz CT molecular complexity index is 1120. The molecule has 3 aromatic rings. The van der Waals surface area contributed by atoms with Crippen LogP contribution >= 0.6 is 0 Å². The van der Waals surface area contributed by atoms with E-state index in [9.17, 15) is 4.79 Å². The predicted octanol–water partition coefficient (Wildman–Crippen LogP) is 3.11. The lowest BCUT2D eigenvalue weighted by Crippen LogP contribution is -2.35. The molecule has 2 aromatic heterocycles. The number of hydrogen-bond donors (Lipinski definition) is 2. The summed E-state index contributed by atoms with van der Waals surface area (Å²) in [6, 6.07) is 16.4. The molecule has 0 spiro atoms. The molecule has 1 aromatic carbocycles. The molecular weight excluding hydrogens is 392 g/mol. The average molecular weight is 416 g/mol.